The molecule has 1 aliphatic carbocycles. The number of benzene rings is 1. The van der Waals surface area contributed by atoms with E-state index in [1.54, 1.807) is 13.2 Å². The third-order valence-corrected chi connectivity index (χ3v) is 4.22. The van der Waals surface area contributed by atoms with E-state index in [4.69, 9.17) is 10.5 Å². The Kier molecular flexibility index (Phi) is 3.51. The van der Waals surface area contributed by atoms with Crippen molar-refractivity contribution in [3.05, 3.63) is 36.5 Å². The lowest BCUT2D eigenvalue weighted by atomic mass is 9.93. The average Bonchev–Trinajstić information content (AvgIpc) is 3.33. The molecule has 5 heteroatoms. The second kappa shape index (κ2) is 5.33. The van der Waals surface area contributed by atoms with Gasteiger partial charge < -0.3 is 15.8 Å². The zero-order valence-corrected chi connectivity index (χ0v) is 12.0. The van der Waals surface area contributed by atoms with Gasteiger partial charge in [-0.15, -0.1) is 0 Å². The van der Waals surface area contributed by atoms with Crippen LogP contribution in [0.1, 0.15) is 12.8 Å². The second-order valence-electron chi connectivity index (χ2n) is 5.47. The molecule has 2 aromatic rings. The maximum atomic E-state index is 11.9. The lowest BCUT2D eigenvalue weighted by Gasteiger charge is -2.30. The number of carbonyl (C=O) groups excluding carboxylic acids is 1. The molecule has 3 rings (SSSR count). The Morgan fingerprint density at radius 1 is 1.43 bits per heavy atom. The Labute approximate surface area is 123 Å². The molecular formula is C16H19N3O2. The molecule has 0 radical (unpaired) electrons. The fourth-order valence-corrected chi connectivity index (χ4v) is 2.76. The van der Waals surface area contributed by atoms with Gasteiger partial charge in [0.05, 0.1) is 5.52 Å². The Balaban J connectivity index is 1.87. The van der Waals surface area contributed by atoms with E-state index in [1.807, 2.05) is 30.3 Å². The van der Waals surface area contributed by atoms with E-state index in [-0.39, 0.29) is 18.4 Å². The standard InChI is InChI=1S/C16H19N3O2/c1-18-16(15(17)20,11-7-8-11)10-21-14-6-2-5-13-12(14)4-3-9-19-13/h2-6,9,11,18H,7-8,10H2,1H3,(H2,17,20). The van der Waals surface area contributed by atoms with Gasteiger partial charge in [-0.2, -0.15) is 0 Å². The number of hydrogen-bond acceptors (Lipinski definition) is 4. The molecule has 0 saturated heterocycles. The summed E-state index contributed by atoms with van der Waals surface area (Å²) in [4.78, 5) is 16.2. The van der Waals surface area contributed by atoms with Gasteiger partial charge in [-0.3, -0.25) is 9.78 Å². The number of likely N-dealkylation sites (N-methyl/N-ethyl adjacent to an activating group) is 1. The fourth-order valence-electron chi connectivity index (χ4n) is 2.76. The highest BCUT2D eigenvalue weighted by atomic mass is 16.5. The summed E-state index contributed by atoms with van der Waals surface area (Å²) in [5.74, 6) is 0.626. The lowest BCUT2D eigenvalue weighted by Crippen LogP contribution is -2.59. The van der Waals surface area contributed by atoms with E-state index in [1.165, 1.54) is 0 Å². The summed E-state index contributed by atoms with van der Waals surface area (Å²) in [6, 6.07) is 9.55. The maximum Gasteiger partial charge on any atom is 0.241 e. The average molecular weight is 285 g/mol. The summed E-state index contributed by atoms with van der Waals surface area (Å²) >= 11 is 0. The van der Waals surface area contributed by atoms with Crippen LogP contribution in [0.25, 0.3) is 10.9 Å². The minimum atomic E-state index is -0.787. The molecule has 1 amide bonds. The lowest BCUT2D eigenvalue weighted by molar-refractivity contribution is -0.126. The number of pyridine rings is 1. The number of nitrogens with one attached hydrogen (secondary N) is 1. The van der Waals surface area contributed by atoms with Crippen molar-refractivity contribution < 1.29 is 9.53 Å². The molecule has 1 fully saturated rings. The minimum Gasteiger partial charge on any atom is -0.490 e. The topological polar surface area (TPSA) is 77.2 Å². The van der Waals surface area contributed by atoms with E-state index in [0.29, 0.717) is 0 Å². The summed E-state index contributed by atoms with van der Waals surface area (Å²) in [7, 11) is 1.76. The molecular weight excluding hydrogens is 266 g/mol. The van der Waals surface area contributed by atoms with Crippen LogP contribution in [0.5, 0.6) is 5.75 Å². The van der Waals surface area contributed by atoms with E-state index in [9.17, 15) is 4.79 Å². The van der Waals surface area contributed by atoms with Crippen molar-refractivity contribution in [2.45, 2.75) is 18.4 Å². The van der Waals surface area contributed by atoms with Gasteiger partial charge in [0.2, 0.25) is 5.91 Å². The first-order chi connectivity index (χ1) is 10.2. The van der Waals surface area contributed by atoms with Crippen LogP contribution >= 0.6 is 0 Å². The molecule has 1 unspecified atom stereocenters. The second-order valence-corrected chi connectivity index (χ2v) is 5.47. The van der Waals surface area contributed by atoms with Crippen LogP contribution in [0.15, 0.2) is 36.5 Å². The van der Waals surface area contributed by atoms with Crippen LogP contribution in [-0.4, -0.2) is 30.1 Å². The summed E-state index contributed by atoms with van der Waals surface area (Å²) in [5.41, 5.74) is 5.69. The van der Waals surface area contributed by atoms with Gasteiger partial charge in [0.15, 0.2) is 0 Å². The van der Waals surface area contributed by atoms with Gasteiger partial charge in [-0.25, -0.2) is 0 Å². The molecule has 0 bridgehead atoms. The van der Waals surface area contributed by atoms with Crippen molar-refractivity contribution in [3.63, 3.8) is 0 Å². The predicted molar refractivity (Wildman–Crippen MR) is 80.9 cm³/mol. The highest BCUT2D eigenvalue weighted by molar-refractivity contribution is 5.87. The number of aromatic nitrogens is 1. The number of hydrogen-bond donors (Lipinski definition) is 2. The van der Waals surface area contributed by atoms with Crippen LogP contribution in [-0.2, 0) is 4.79 Å². The molecule has 3 N–H and O–H groups in total. The number of rotatable bonds is 6. The summed E-state index contributed by atoms with van der Waals surface area (Å²) in [6.07, 6.45) is 3.76. The minimum absolute atomic E-state index is 0.234. The van der Waals surface area contributed by atoms with Crippen LogP contribution in [0, 0.1) is 5.92 Å². The third-order valence-electron chi connectivity index (χ3n) is 4.22. The Morgan fingerprint density at radius 2 is 2.24 bits per heavy atom. The molecule has 21 heavy (non-hydrogen) atoms. The van der Waals surface area contributed by atoms with E-state index in [2.05, 4.69) is 10.3 Å². The van der Waals surface area contributed by atoms with Gasteiger partial charge in [0, 0.05) is 11.6 Å². The first-order valence-corrected chi connectivity index (χ1v) is 7.13. The number of carbonyl (C=O) groups is 1. The van der Waals surface area contributed by atoms with Gasteiger partial charge in [0.25, 0.3) is 0 Å². The monoisotopic (exact) mass is 285 g/mol. The number of amides is 1. The van der Waals surface area contributed by atoms with Gasteiger partial charge in [-0.05, 0) is 50.1 Å². The number of primary amides is 1. The number of fused-ring (bicyclic) bond motifs is 1. The van der Waals surface area contributed by atoms with Gasteiger partial charge >= 0.3 is 0 Å². The van der Waals surface area contributed by atoms with Gasteiger partial charge in [0.1, 0.15) is 17.9 Å². The van der Waals surface area contributed by atoms with Crippen LogP contribution in [0.4, 0.5) is 0 Å². The Bertz CT molecular complexity index is 664. The molecule has 1 aromatic heterocycles. The van der Waals surface area contributed by atoms with Crippen LogP contribution in [0.3, 0.4) is 0 Å². The Morgan fingerprint density at radius 3 is 2.90 bits per heavy atom. The van der Waals surface area contributed by atoms with E-state index >= 15 is 0 Å². The van der Waals surface area contributed by atoms with Crippen molar-refractivity contribution in [1.82, 2.24) is 10.3 Å². The van der Waals surface area contributed by atoms with Crippen molar-refractivity contribution in [2.75, 3.05) is 13.7 Å². The number of nitrogens with zero attached hydrogens (tertiary/aromatic N) is 1. The largest absolute Gasteiger partial charge is 0.490 e. The highest BCUT2D eigenvalue weighted by Crippen LogP contribution is 2.40. The summed E-state index contributed by atoms with van der Waals surface area (Å²) in [6.45, 7) is 0.234. The van der Waals surface area contributed by atoms with Gasteiger partial charge in [-0.1, -0.05) is 6.07 Å². The number of nitrogens with two attached hydrogens (primary N) is 1. The molecule has 1 aliphatic rings. The fraction of sp³-hybridized carbons (Fsp3) is 0.375. The normalized spacial score (nSPS) is 17.4. The maximum absolute atomic E-state index is 11.9. The molecule has 1 atom stereocenters. The van der Waals surface area contributed by atoms with Crippen LogP contribution < -0.4 is 15.8 Å². The molecule has 0 spiro atoms. The smallest absolute Gasteiger partial charge is 0.241 e. The third kappa shape index (κ3) is 2.45. The highest BCUT2D eigenvalue weighted by Gasteiger charge is 2.49. The molecule has 1 saturated carbocycles. The van der Waals surface area contributed by atoms with Crippen molar-refractivity contribution in [2.24, 2.45) is 11.7 Å². The molecule has 1 aromatic carbocycles. The zero-order chi connectivity index (χ0) is 14.9. The summed E-state index contributed by atoms with van der Waals surface area (Å²) in [5, 5.41) is 4.02. The Hall–Kier alpha value is -2.14. The SMILES string of the molecule is CNC(COc1cccc2ncccc12)(C(N)=O)C1CC1. The van der Waals surface area contributed by atoms with Crippen molar-refractivity contribution in [3.8, 4) is 5.75 Å². The summed E-state index contributed by atoms with van der Waals surface area (Å²) < 4.78 is 5.93. The quantitative estimate of drug-likeness (QED) is 0.842. The van der Waals surface area contributed by atoms with Crippen molar-refractivity contribution >= 4 is 16.8 Å². The van der Waals surface area contributed by atoms with Crippen molar-refractivity contribution in [1.29, 1.82) is 0 Å². The zero-order valence-electron chi connectivity index (χ0n) is 12.0. The van der Waals surface area contributed by atoms with Crippen LogP contribution in [0.2, 0.25) is 0 Å². The molecule has 1 heterocycles. The van der Waals surface area contributed by atoms with E-state index < -0.39 is 5.54 Å². The van der Waals surface area contributed by atoms with E-state index in [0.717, 1.165) is 29.5 Å². The molecule has 110 valence electrons. The first kappa shape index (κ1) is 13.8. The predicted octanol–water partition coefficient (Wildman–Crippen LogP) is 1.47. The molecule has 0 aliphatic heterocycles. The first-order valence-electron chi connectivity index (χ1n) is 7.13. The number of ether oxygens (including phenoxy) is 1. The molecule has 5 nitrogen and oxygen atoms in total.